The predicted molar refractivity (Wildman–Crippen MR) is 81.7 cm³/mol. The Morgan fingerprint density at radius 2 is 1.62 bits per heavy atom. The monoisotopic (exact) mass is 375 g/mol. The highest BCUT2D eigenvalue weighted by Crippen LogP contribution is 2.32. The Balaban J connectivity index is 0.000000298. The molecule has 0 spiro atoms. The average molecular weight is 375 g/mol. The van der Waals surface area contributed by atoms with Gasteiger partial charge in [-0.05, 0) is 29.8 Å². The molecule has 0 aromatic heterocycles. The molecule has 9 heteroatoms. The molecule has 26 heavy (non-hydrogen) atoms. The first-order valence-electron chi connectivity index (χ1n) is 7.34. The van der Waals surface area contributed by atoms with Crippen molar-refractivity contribution in [1.29, 1.82) is 0 Å². The number of nitrogens with one attached hydrogen (secondary N) is 1. The standard InChI is InChI=1S/C15H13F2NO.C2HF3O2/c16-12-6-4-11(5-7-12)15(9-18-10-15)19-14-3-1-2-13(17)8-14;3-2(4,5)1(6)7/h1-8,18H,9-10H2;(H,6,7). The van der Waals surface area contributed by atoms with Crippen LogP contribution in [0.1, 0.15) is 5.56 Å². The molecule has 1 saturated heterocycles. The lowest BCUT2D eigenvalue weighted by Gasteiger charge is -2.43. The van der Waals surface area contributed by atoms with Crippen LogP contribution in [0.15, 0.2) is 48.5 Å². The first-order valence-corrected chi connectivity index (χ1v) is 7.34. The van der Waals surface area contributed by atoms with Gasteiger partial charge in [0, 0.05) is 19.2 Å². The van der Waals surface area contributed by atoms with E-state index in [1.807, 2.05) is 0 Å². The number of carboxylic acids is 1. The molecule has 2 aromatic carbocycles. The van der Waals surface area contributed by atoms with Crippen molar-refractivity contribution >= 4 is 5.97 Å². The maximum Gasteiger partial charge on any atom is 0.490 e. The third-order valence-electron chi connectivity index (χ3n) is 3.54. The maximum atomic E-state index is 13.2. The Kier molecular flexibility index (Phi) is 5.81. The smallest absolute Gasteiger partial charge is 0.480 e. The third kappa shape index (κ3) is 4.92. The molecule has 3 rings (SSSR count). The second-order valence-corrected chi connectivity index (χ2v) is 5.47. The summed E-state index contributed by atoms with van der Waals surface area (Å²) in [7, 11) is 0. The number of carbonyl (C=O) groups is 1. The fourth-order valence-corrected chi connectivity index (χ4v) is 2.20. The van der Waals surface area contributed by atoms with E-state index in [-0.39, 0.29) is 11.6 Å². The van der Waals surface area contributed by atoms with Crippen LogP contribution in [0.5, 0.6) is 5.75 Å². The molecular formula is C17H14F5NO3. The van der Waals surface area contributed by atoms with Gasteiger partial charge in [0.05, 0.1) is 0 Å². The van der Waals surface area contributed by atoms with Gasteiger partial charge in [-0.3, -0.25) is 0 Å². The predicted octanol–water partition coefficient (Wildman–Crippen LogP) is 3.48. The van der Waals surface area contributed by atoms with Crippen LogP contribution in [0.4, 0.5) is 22.0 Å². The van der Waals surface area contributed by atoms with Crippen molar-refractivity contribution in [2.75, 3.05) is 13.1 Å². The zero-order valence-electron chi connectivity index (χ0n) is 13.2. The van der Waals surface area contributed by atoms with E-state index >= 15 is 0 Å². The van der Waals surface area contributed by atoms with Crippen LogP contribution < -0.4 is 10.1 Å². The molecule has 0 unspecified atom stereocenters. The normalized spacial score (nSPS) is 15.3. The van der Waals surface area contributed by atoms with Crippen molar-refractivity contribution in [2.45, 2.75) is 11.8 Å². The Morgan fingerprint density at radius 1 is 1.04 bits per heavy atom. The van der Waals surface area contributed by atoms with Crippen molar-refractivity contribution in [3.63, 3.8) is 0 Å². The highest BCUT2D eigenvalue weighted by Gasteiger charge is 2.41. The first kappa shape index (κ1) is 19.6. The highest BCUT2D eigenvalue weighted by atomic mass is 19.4. The molecule has 1 fully saturated rings. The van der Waals surface area contributed by atoms with Crippen molar-refractivity contribution in [3.8, 4) is 5.75 Å². The van der Waals surface area contributed by atoms with Crippen LogP contribution in [0.2, 0.25) is 0 Å². The molecule has 0 bridgehead atoms. The van der Waals surface area contributed by atoms with Gasteiger partial charge in [0.2, 0.25) is 0 Å². The minimum Gasteiger partial charge on any atom is -0.480 e. The molecule has 2 N–H and O–H groups in total. The minimum absolute atomic E-state index is 0.281. The molecule has 0 amide bonds. The van der Waals surface area contributed by atoms with E-state index in [1.54, 1.807) is 24.3 Å². The van der Waals surface area contributed by atoms with Gasteiger partial charge >= 0.3 is 12.1 Å². The summed E-state index contributed by atoms with van der Waals surface area (Å²) in [5.41, 5.74) is 0.346. The zero-order valence-corrected chi connectivity index (χ0v) is 13.2. The SMILES string of the molecule is Fc1ccc(C2(Oc3cccc(F)c3)CNC2)cc1.O=C(O)C(F)(F)F. The summed E-state index contributed by atoms with van der Waals surface area (Å²) in [5.74, 6) is -2.89. The van der Waals surface area contributed by atoms with Crippen LogP contribution in [0, 0.1) is 11.6 Å². The van der Waals surface area contributed by atoms with Gasteiger partial charge < -0.3 is 15.2 Å². The average Bonchev–Trinajstić information content (AvgIpc) is 2.52. The van der Waals surface area contributed by atoms with Gasteiger partial charge in [0.15, 0.2) is 5.60 Å². The number of carboxylic acid groups (broad SMARTS) is 1. The molecule has 0 atom stereocenters. The molecule has 0 aliphatic carbocycles. The summed E-state index contributed by atoms with van der Waals surface area (Å²) in [4.78, 5) is 8.90. The zero-order chi connectivity index (χ0) is 19.4. The Morgan fingerprint density at radius 3 is 2.04 bits per heavy atom. The molecule has 1 heterocycles. The Hall–Kier alpha value is -2.68. The first-order chi connectivity index (χ1) is 12.1. The van der Waals surface area contributed by atoms with Gasteiger partial charge in [-0.25, -0.2) is 13.6 Å². The lowest BCUT2D eigenvalue weighted by Crippen LogP contribution is -2.60. The van der Waals surface area contributed by atoms with Crippen molar-refractivity contribution < 1.29 is 36.6 Å². The van der Waals surface area contributed by atoms with E-state index in [1.165, 1.54) is 24.3 Å². The van der Waals surface area contributed by atoms with Crippen molar-refractivity contribution in [3.05, 3.63) is 65.7 Å². The number of benzene rings is 2. The lowest BCUT2D eigenvalue weighted by molar-refractivity contribution is -0.192. The Labute approximate surface area is 145 Å². The van der Waals surface area contributed by atoms with E-state index in [4.69, 9.17) is 14.6 Å². The summed E-state index contributed by atoms with van der Waals surface area (Å²) in [6, 6.07) is 12.3. The molecule has 1 aliphatic rings. The lowest BCUT2D eigenvalue weighted by atomic mass is 9.87. The second kappa shape index (κ2) is 7.69. The maximum absolute atomic E-state index is 13.2. The quantitative estimate of drug-likeness (QED) is 0.807. The topological polar surface area (TPSA) is 58.6 Å². The van der Waals surface area contributed by atoms with Crippen LogP contribution in [-0.4, -0.2) is 30.3 Å². The Bertz CT molecular complexity index is 758. The molecule has 0 saturated carbocycles. The van der Waals surface area contributed by atoms with Gasteiger partial charge in [-0.2, -0.15) is 13.2 Å². The molecular weight excluding hydrogens is 361 g/mol. The summed E-state index contributed by atoms with van der Waals surface area (Å²) in [6.07, 6.45) is -5.08. The summed E-state index contributed by atoms with van der Waals surface area (Å²) < 4.78 is 63.8. The number of hydrogen-bond acceptors (Lipinski definition) is 3. The van der Waals surface area contributed by atoms with E-state index < -0.39 is 17.7 Å². The number of rotatable bonds is 3. The summed E-state index contributed by atoms with van der Waals surface area (Å²) in [5, 5.41) is 10.3. The van der Waals surface area contributed by atoms with Crippen LogP contribution in [0.25, 0.3) is 0 Å². The van der Waals surface area contributed by atoms with Crippen LogP contribution in [-0.2, 0) is 10.4 Å². The summed E-state index contributed by atoms with van der Waals surface area (Å²) in [6.45, 7) is 1.24. The molecule has 140 valence electrons. The van der Waals surface area contributed by atoms with Crippen molar-refractivity contribution in [2.24, 2.45) is 0 Å². The number of hydrogen-bond donors (Lipinski definition) is 2. The fourth-order valence-electron chi connectivity index (χ4n) is 2.20. The van der Waals surface area contributed by atoms with E-state index in [9.17, 15) is 22.0 Å². The molecule has 1 aliphatic heterocycles. The van der Waals surface area contributed by atoms with Gasteiger partial charge in [0.25, 0.3) is 0 Å². The van der Waals surface area contributed by atoms with E-state index in [2.05, 4.69) is 5.32 Å². The second-order valence-electron chi connectivity index (χ2n) is 5.47. The van der Waals surface area contributed by atoms with Crippen LogP contribution >= 0.6 is 0 Å². The number of alkyl halides is 3. The van der Waals surface area contributed by atoms with Crippen LogP contribution in [0.3, 0.4) is 0 Å². The molecule has 4 nitrogen and oxygen atoms in total. The summed E-state index contributed by atoms with van der Waals surface area (Å²) >= 11 is 0. The van der Waals surface area contributed by atoms with Gasteiger partial charge in [0.1, 0.15) is 17.4 Å². The van der Waals surface area contributed by atoms with E-state index in [0.29, 0.717) is 18.8 Å². The molecule has 2 aromatic rings. The van der Waals surface area contributed by atoms with Crippen molar-refractivity contribution in [1.82, 2.24) is 5.32 Å². The number of aliphatic carboxylic acids is 1. The number of halogens is 5. The minimum atomic E-state index is -5.08. The molecule has 0 radical (unpaired) electrons. The largest absolute Gasteiger partial charge is 0.490 e. The third-order valence-corrected chi connectivity index (χ3v) is 3.54. The number of ether oxygens (including phenoxy) is 1. The highest BCUT2D eigenvalue weighted by molar-refractivity contribution is 5.73. The van der Waals surface area contributed by atoms with E-state index in [0.717, 1.165) is 5.56 Å². The fraction of sp³-hybridized carbons (Fsp3) is 0.235. The van der Waals surface area contributed by atoms with Gasteiger partial charge in [-0.1, -0.05) is 18.2 Å². The van der Waals surface area contributed by atoms with Gasteiger partial charge in [-0.15, -0.1) is 0 Å².